The zero-order valence-electron chi connectivity index (χ0n) is 12.4. The Kier molecular flexibility index (Phi) is 4.77. The lowest BCUT2D eigenvalue weighted by Crippen LogP contribution is -2.40. The van der Waals surface area contributed by atoms with Crippen LogP contribution in [0.3, 0.4) is 0 Å². The summed E-state index contributed by atoms with van der Waals surface area (Å²) in [4.78, 5) is 5.04. The Balaban J connectivity index is 1.71. The number of nitrogens with one attached hydrogen (secondary N) is 1. The molecule has 1 heterocycles. The van der Waals surface area contributed by atoms with Crippen molar-refractivity contribution in [2.75, 3.05) is 0 Å². The highest BCUT2D eigenvalue weighted by Crippen LogP contribution is 2.21. The summed E-state index contributed by atoms with van der Waals surface area (Å²) < 4.78 is 2.16. The van der Waals surface area contributed by atoms with Gasteiger partial charge in [0.25, 0.3) is 0 Å². The smallest absolute Gasteiger partial charge is 0.202 e. The van der Waals surface area contributed by atoms with E-state index >= 15 is 0 Å². The molecule has 0 atom stereocenters. The molecule has 110 valence electrons. The Morgan fingerprint density at radius 2 is 1.45 bits per heavy atom. The summed E-state index contributed by atoms with van der Waals surface area (Å²) in [6.45, 7) is 0. The molecule has 3 rings (SSSR count). The topological polar surface area (TPSA) is 29.3 Å². The molecule has 1 aromatic rings. The second-order valence-electron chi connectivity index (χ2n) is 6.31. The van der Waals surface area contributed by atoms with Crippen LogP contribution in [0.2, 0.25) is 0 Å². The van der Waals surface area contributed by atoms with E-state index in [1.807, 2.05) is 0 Å². The van der Waals surface area contributed by atoms with Gasteiger partial charge in [0.2, 0.25) is 5.96 Å². The van der Waals surface area contributed by atoms with Crippen molar-refractivity contribution in [1.29, 1.82) is 0 Å². The Morgan fingerprint density at radius 1 is 0.850 bits per heavy atom. The van der Waals surface area contributed by atoms with Crippen LogP contribution < -0.4 is 5.32 Å². The van der Waals surface area contributed by atoms with E-state index in [1.165, 1.54) is 64.2 Å². The predicted octanol–water partition coefficient (Wildman–Crippen LogP) is 3.95. The molecule has 2 saturated carbocycles. The van der Waals surface area contributed by atoms with Crippen LogP contribution in [-0.4, -0.2) is 22.6 Å². The van der Waals surface area contributed by atoms with Gasteiger partial charge in [-0.05, 0) is 37.8 Å². The quantitative estimate of drug-likeness (QED) is 0.641. The first-order chi connectivity index (χ1) is 9.92. The Bertz CT molecular complexity index is 409. The van der Waals surface area contributed by atoms with Gasteiger partial charge in [0.15, 0.2) is 0 Å². The van der Waals surface area contributed by atoms with E-state index in [1.54, 1.807) is 0 Å². The average molecular weight is 273 g/mol. The normalized spacial score (nSPS) is 22.9. The molecule has 0 spiro atoms. The largest absolute Gasteiger partial charge is 0.353 e. The minimum atomic E-state index is 0.525. The van der Waals surface area contributed by atoms with Crippen molar-refractivity contribution in [3.8, 4) is 0 Å². The monoisotopic (exact) mass is 273 g/mol. The lowest BCUT2D eigenvalue weighted by atomic mass is 9.95. The van der Waals surface area contributed by atoms with Crippen molar-refractivity contribution in [2.45, 2.75) is 76.3 Å². The lowest BCUT2D eigenvalue weighted by molar-refractivity contribution is 0.405. The molecule has 0 amide bonds. The summed E-state index contributed by atoms with van der Waals surface area (Å²) in [7, 11) is 0. The fourth-order valence-corrected chi connectivity index (χ4v) is 3.47. The number of aliphatic imine (C=N–C) groups is 1. The molecular formula is C17H27N3. The van der Waals surface area contributed by atoms with E-state index in [-0.39, 0.29) is 0 Å². The lowest BCUT2D eigenvalue weighted by Gasteiger charge is -2.26. The Morgan fingerprint density at radius 3 is 2.10 bits per heavy atom. The molecule has 2 aliphatic rings. The molecule has 0 unspecified atom stereocenters. The van der Waals surface area contributed by atoms with Gasteiger partial charge >= 0.3 is 0 Å². The SMILES string of the molecule is c1ccn(C(=NC2CCCCC2)NC2CCCCC2)c1. The van der Waals surface area contributed by atoms with E-state index in [4.69, 9.17) is 4.99 Å². The zero-order valence-corrected chi connectivity index (χ0v) is 12.4. The third-order valence-electron chi connectivity index (χ3n) is 4.67. The molecule has 0 bridgehead atoms. The molecule has 0 aromatic carbocycles. The molecule has 20 heavy (non-hydrogen) atoms. The van der Waals surface area contributed by atoms with Crippen LogP contribution in [0, 0.1) is 0 Å². The standard InChI is InChI=1S/C17H27N3/c1-3-9-15(10-4-1)18-17(20-13-7-8-14-20)19-16-11-5-2-6-12-16/h7-8,13-16H,1-6,9-12H2,(H,18,19). The van der Waals surface area contributed by atoms with E-state index in [2.05, 4.69) is 34.4 Å². The van der Waals surface area contributed by atoms with E-state index in [0.717, 1.165) is 5.96 Å². The Labute approximate surface area is 122 Å². The minimum Gasteiger partial charge on any atom is -0.353 e. The number of rotatable bonds is 2. The summed E-state index contributed by atoms with van der Waals surface area (Å²) in [6, 6.07) is 5.31. The van der Waals surface area contributed by atoms with Gasteiger partial charge in [-0.1, -0.05) is 38.5 Å². The van der Waals surface area contributed by atoms with Crippen molar-refractivity contribution in [3.63, 3.8) is 0 Å². The van der Waals surface area contributed by atoms with Gasteiger partial charge in [0, 0.05) is 18.4 Å². The highest BCUT2D eigenvalue weighted by molar-refractivity contribution is 5.82. The van der Waals surface area contributed by atoms with Crippen LogP contribution in [-0.2, 0) is 0 Å². The van der Waals surface area contributed by atoms with Crippen molar-refractivity contribution in [2.24, 2.45) is 4.99 Å². The van der Waals surface area contributed by atoms with Crippen LogP contribution in [0.15, 0.2) is 29.5 Å². The third-order valence-corrected chi connectivity index (χ3v) is 4.67. The zero-order chi connectivity index (χ0) is 13.6. The number of aromatic nitrogens is 1. The fourth-order valence-electron chi connectivity index (χ4n) is 3.47. The molecule has 0 radical (unpaired) electrons. The van der Waals surface area contributed by atoms with Gasteiger partial charge in [-0.25, -0.2) is 4.99 Å². The third kappa shape index (κ3) is 3.65. The molecule has 2 aliphatic carbocycles. The van der Waals surface area contributed by atoms with Crippen LogP contribution in [0.4, 0.5) is 0 Å². The predicted molar refractivity (Wildman–Crippen MR) is 84.1 cm³/mol. The van der Waals surface area contributed by atoms with E-state index in [9.17, 15) is 0 Å². The van der Waals surface area contributed by atoms with Gasteiger partial charge in [-0.2, -0.15) is 0 Å². The van der Waals surface area contributed by atoms with Crippen LogP contribution in [0.5, 0.6) is 0 Å². The van der Waals surface area contributed by atoms with Gasteiger partial charge in [-0.15, -0.1) is 0 Å². The molecule has 3 heteroatoms. The van der Waals surface area contributed by atoms with E-state index in [0.29, 0.717) is 12.1 Å². The molecule has 1 aromatic heterocycles. The molecule has 2 fully saturated rings. The molecule has 0 aliphatic heterocycles. The number of hydrogen-bond donors (Lipinski definition) is 1. The van der Waals surface area contributed by atoms with E-state index < -0.39 is 0 Å². The summed E-state index contributed by atoms with van der Waals surface area (Å²) in [5, 5.41) is 3.72. The van der Waals surface area contributed by atoms with Crippen LogP contribution >= 0.6 is 0 Å². The van der Waals surface area contributed by atoms with Crippen molar-refractivity contribution in [1.82, 2.24) is 9.88 Å². The molecule has 3 nitrogen and oxygen atoms in total. The van der Waals surface area contributed by atoms with Crippen molar-refractivity contribution in [3.05, 3.63) is 24.5 Å². The average Bonchev–Trinajstić information content (AvgIpc) is 3.03. The maximum absolute atomic E-state index is 5.04. The number of hydrogen-bond acceptors (Lipinski definition) is 1. The highest BCUT2D eigenvalue weighted by atomic mass is 15.2. The first kappa shape index (κ1) is 13.7. The maximum Gasteiger partial charge on any atom is 0.202 e. The maximum atomic E-state index is 5.04. The first-order valence-electron chi connectivity index (χ1n) is 8.39. The van der Waals surface area contributed by atoms with Crippen molar-refractivity contribution >= 4 is 5.96 Å². The second-order valence-corrected chi connectivity index (χ2v) is 6.31. The summed E-state index contributed by atoms with van der Waals surface area (Å²) in [5.74, 6) is 1.08. The fraction of sp³-hybridized carbons (Fsp3) is 0.706. The van der Waals surface area contributed by atoms with Crippen molar-refractivity contribution < 1.29 is 0 Å². The summed E-state index contributed by atoms with van der Waals surface area (Å²) >= 11 is 0. The van der Waals surface area contributed by atoms with Crippen LogP contribution in [0.1, 0.15) is 64.2 Å². The summed E-state index contributed by atoms with van der Waals surface area (Å²) in [6.07, 6.45) is 17.5. The van der Waals surface area contributed by atoms with Gasteiger partial charge in [-0.3, -0.25) is 4.57 Å². The molecule has 0 saturated heterocycles. The second kappa shape index (κ2) is 6.96. The van der Waals surface area contributed by atoms with Gasteiger partial charge in [0.1, 0.15) is 0 Å². The van der Waals surface area contributed by atoms with Gasteiger partial charge < -0.3 is 5.32 Å². The Hall–Kier alpha value is -1.25. The number of nitrogens with zero attached hydrogens (tertiary/aromatic N) is 2. The van der Waals surface area contributed by atoms with Crippen LogP contribution in [0.25, 0.3) is 0 Å². The minimum absolute atomic E-state index is 0.525. The highest BCUT2D eigenvalue weighted by Gasteiger charge is 2.18. The molecular weight excluding hydrogens is 246 g/mol. The summed E-state index contributed by atoms with van der Waals surface area (Å²) in [5.41, 5.74) is 0. The van der Waals surface area contributed by atoms with Gasteiger partial charge in [0.05, 0.1) is 6.04 Å². The molecule has 1 N–H and O–H groups in total. The first-order valence-corrected chi connectivity index (χ1v) is 8.39.